The van der Waals surface area contributed by atoms with Gasteiger partial charge in [-0.15, -0.1) is 0 Å². The summed E-state index contributed by atoms with van der Waals surface area (Å²) in [6.45, 7) is 4.87. The predicted octanol–water partition coefficient (Wildman–Crippen LogP) is 17.8. The number of benzene rings is 10. The van der Waals surface area contributed by atoms with E-state index in [2.05, 4.69) is 303 Å². The Bertz CT molecular complexity index is 3940. The van der Waals surface area contributed by atoms with Crippen molar-refractivity contribution < 1.29 is 0 Å². The van der Waals surface area contributed by atoms with E-state index >= 15 is 0 Å². The van der Waals surface area contributed by atoms with Crippen molar-refractivity contribution in [1.82, 2.24) is 0 Å². The Morgan fingerprint density at radius 1 is 0.432 bits per heavy atom. The summed E-state index contributed by atoms with van der Waals surface area (Å²) in [5, 5.41) is 4.93. The molecule has 74 heavy (non-hydrogen) atoms. The van der Waals surface area contributed by atoms with Gasteiger partial charge in [0.15, 0.2) is 0 Å². The molecular weight excluding hydrogens is 893 g/mol. The summed E-state index contributed by atoms with van der Waals surface area (Å²) in [6.07, 6.45) is 17.4. The molecule has 4 aliphatic carbocycles. The summed E-state index contributed by atoms with van der Waals surface area (Å²) in [4.78, 5) is 5.24. The second-order valence-electron chi connectivity index (χ2n) is 21.0. The molecule has 0 bridgehead atoms. The molecule has 2 nitrogen and oxygen atoms in total. The third-order valence-electron chi connectivity index (χ3n) is 17.0. The second kappa shape index (κ2) is 17.2. The highest BCUT2D eigenvalue weighted by Gasteiger charge is 2.59. The second-order valence-corrected chi connectivity index (χ2v) is 21.0. The summed E-state index contributed by atoms with van der Waals surface area (Å²) >= 11 is 0. The van der Waals surface area contributed by atoms with Gasteiger partial charge in [-0.25, -0.2) is 0 Å². The Balaban J connectivity index is 1.07. The monoisotopic (exact) mass is 948 g/mol. The molecule has 0 heterocycles. The molecule has 2 heteroatoms. The van der Waals surface area contributed by atoms with Crippen molar-refractivity contribution in [2.75, 3.05) is 9.80 Å². The van der Waals surface area contributed by atoms with E-state index in [-0.39, 0.29) is 12.0 Å². The fraction of sp³-hybridized carbons (Fsp3) is 0.111. The SMILES string of the molecule is CC1C=CC=CC1N(c1cccc2ccccc12)C1(C)C=CC=C(C2(c3cccc(N(c4ccccc4)c4cccc5ccccc45)c3)c3ccccc3C3(c4ccccc4)c4ccccc4-c4cccc2c43)C1. The van der Waals surface area contributed by atoms with Crippen molar-refractivity contribution in [2.45, 2.75) is 42.7 Å². The minimum Gasteiger partial charge on any atom is -0.355 e. The number of hydrogen-bond donors (Lipinski definition) is 0. The number of nitrogens with zero attached hydrogens (tertiary/aromatic N) is 2. The van der Waals surface area contributed by atoms with Crippen LogP contribution in [0.5, 0.6) is 0 Å². The van der Waals surface area contributed by atoms with E-state index < -0.39 is 16.4 Å². The molecule has 0 aliphatic heterocycles. The maximum absolute atomic E-state index is 2.76. The average molecular weight is 949 g/mol. The average Bonchev–Trinajstić information content (AvgIpc) is 4.00. The molecule has 0 amide bonds. The van der Waals surface area contributed by atoms with Crippen molar-refractivity contribution in [3.63, 3.8) is 0 Å². The molecule has 4 aliphatic rings. The van der Waals surface area contributed by atoms with Crippen LogP contribution in [0.3, 0.4) is 0 Å². The van der Waals surface area contributed by atoms with Crippen LogP contribution in [0.25, 0.3) is 32.7 Å². The Kier molecular flexibility index (Phi) is 10.2. The number of para-hydroxylation sites is 1. The van der Waals surface area contributed by atoms with Crippen LogP contribution < -0.4 is 9.80 Å². The highest BCUT2D eigenvalue weighted by atomic mass is 15.2. The molecule has 0 fully saturated rings. The summed E-state index contributed by atoms with van der Waals surface area (Å²) in [6, 6.07) is 89.1. The predicted molar refractivity (Wildman–Crippen MR) is 310 cm³/mol. The molecule has 10 aromatic carbocycles. The van der Waals surface area contributed by atoms with E-state index in [1.54, 1.807) is 0 Å². The zero-order valence-corrected chi connectivity index (χ0v) is 41.8. The highest BCUT2D eigenvalue weighted by Crippen LogP contribution is 2.67. The van der Waals surface area contributed by atoms with Gasteiger partial charge < -0.3 is 9.80 Å². The first-order valence-electron chi connectivity index (χ1n) is 26.3. The quantitative estimate of drug-likeness (QED) is 0.142. The lowest BCUT2D eigenvalue weighted by Crippen LogP contribution is -2.55. The van der Waals surface area contributed by atoms with Crippen molar-refractivity contribution in [1.29, 1.82) is 0 Å². The van der Waals surface area contributed by atoms with Crippen LogP contribution in [-0.2, 0) is 10.8 Å². The number of fused-ring (bicyclic) bond motifs is 7. The topological polar surface area (TPSA) is 6.48 Å². The number of allylic oxidation sites excluding steroid dienone is 4. The van der Waals surface area contributed by atoms with Crippen molar-refractivity contribution in [3.05, 3.63) is 324 Å². The van der Waals surface area contributed by atoms with Crippen LogP contribution in [0, 0.1) is 5.92 Å². The van der Waals surface area contributed by atoms with Gasteiger partial charge >= 0.3 is 0 Å². The van der Waals surface area contributed by atoms with Gasteiger partial charge in [-0.05, 0) is 122 Å². The molecule has 354 valence electrons. The minimum atomic E-state index is -0.746. The van der Waals surface area contributed by atoms with E-state index in [1.165, 1.54) is 82.9 Å². The van der Waals surface area contributed by atoms with Crippen molar-refractivity contribution >= 4 is 44.3 Å². The van der Waals surface area contributed by atoms with Gasteiger partial charge in [-0.2, -0.15) is 0 Å². The van der Waals surface area contributed by atoms with Crippen LogP contribution in [0.2, 0.25) is 0 Å². The molecule has 14 rings (SSSR count). The highest BCUT2D eigenvalue weighted by molar-refractivity contribution is 6.00. The van der Waals surface area contributed by atoms with Crippen LogP contribution in [0.1, 0.15) is 59.2 Å². The van der Waals surface area contributed by atoms with Crippen molar-refractivity contribution in [3.8, 4) is 11.1 Å². The molecule has 5 atom stereocenters. The Morgan fingerprint density at radius 3 is 1.73 bits per heavy atom. The third-order valence-corrected chi connectivity index (χ3v) is 17.0. The van der Waals surface area contributed by atoms with E-state index in [4.69, 9.17) is 0 Å². The van der Waals surface area contributed by atoms with Gasteiger partial charge in [0, 0.05) is 27.8 Å². The van der Waals surface area contributed by atoms with Gasteiger partial charge in [0.2, 0.25) is 0 Å². The van der Waals surface area contributed by atoms with Gasteiger partial charge in [0.1, 0.15) is 0 Å². The van der Waals surface area contributed by atoms with Gasteiger partial charge in [-0.3, -0.25) is 0 Å². The van der Waals surface area contributed by atoms with E-state index in [9.17, 15) is 0 Å². The number of anilines is 4. The summed E-state index contributed by atoms with van der Waals surface area (Å²) in [5.74, 6) is 0.278. The number of rotatable bonds is 9. The van der Waals surface area contributed by atoms with Gasteiger partial charge in [0.25, 0.3) is 0 Å². The molecule has 0 saturated heterocycles. The normalized spacial score (nSPS) is 21.9. The molecule has 0 radical (unpaired) electrons. The van der Waals surface area contributed by atoms with E-state index in [0.717, 1.165) is 23.5 Å². The first-order valence-corrected chi connectivity index (χ1v) is 26.3. The summed E-state index contributed by atoms with van der Waals surface area (Å²) in [5.41, 5.74) is 16.0. The Hall–Kier alpha value is -8.72. The van der Waals surface area contributed by atoms with Crippen LogP contribution >= 0.6 is 0 Å². The molecule has 0 saturated carbocycles. The maximum Gasteiger partial charge on any atom is 0.0720 e. The van der Waals surface area contributed by atoms with Gasteiger partial charge in [-0.1, -0.05) is 250 Å². The lowest BCUT2D eigenvalue weighted by Gasteiger charge is -2.54. The van der Waals surface area contributed by atoms with Crippen LogP contribution in [0.4, 0.5) is 22.7 Å². The molecule has 0 aromatic heterocycles. The smallest absolute Gasteiger partial charge is 0.0720 e. The summed E-state index contributed by atoms with van der Waals surface area (Å²) in [7, 11) is 0. The van der Waals surface area contributed by atoms with Gasteiger partial charge in [0.05, 0.1) is 28.1 Å². The molecule has 10 aromatic rings. The first kappa shape index (κ1) is 44.0. The van der Waals surface area contributed by atoms with E-state index in [1.807, 2.05) is 0 Å². The molecular formula is C72H56N2. The van der Waals surface area contributed by atoms with Crippen molar-refractivity contribution in [2.24, 2.45) is 5.92 Å². The zero-order valence-electron chi connectivity index (χ0n) is 41.8. The molecule has 0 spiro atoms. The third kappa shape index (κ3) is 6.37. The summed E-state index contributed by atoms with van der Waals surface area (Å²) < 4.78 is 0. The Labute approximate surface area is 435 Å². The number of hydrogen-bond acceptors (Lipinski definition) is 2. The maximum atomic E-state index is 2.76. The minimum absolute atomic E-state index is 0.110. The first-order chi connectivity index (χ1) is 36.5. The molecule has 0 N–H and O–H groups in total. The standard InChI is InChI=1S/C72H56N2/c1-50-24-9-18-44-66(50)74(68-46-20-28-52-26-11-13-37-59(52)68)70(2)47-23-32-55(49-70)71(54-31-21-35-57(48-54)73(56-33-7-4-8-34-56)67-45-19-27-51-25-10-12-36-58(51)67)63-41-16-17-42-64(63)72(53-29-5-3-6-30-53)62-40-15-14-38-60(62)61-39-22-43-65(71)69(61)72/h3-48,50,66H,49H2,1-2H3. The molecule has 5 unspecified atom stereocenters. The Morgan fingerprint density at radius 2 is 0.973 bits per heavy atom. The largest absolute Gasteiger partial charge is 0.355 e. The zero-order chi connectivity index (χ0) is 49.4. The fourth-order valence-electron chi connectivity index (χ4n) is 14.0. The van der Waals surface area contributed by atoms with E-state index in [0.29, 0.717) is 0 Å². The van der Waals surface area contributed by atoms with Crippen LogP contribution in [-0.4, -0.2) is 11.6 Å². The fourth-order valence-corrected chi connectivity index (χ4v) is 14.0. The lowest BCUT2D eigenvalue weighted by molar-refractivity contribution is 0.417. The van der Waals surface area contributed by atoms with Crippen LogP contribution in [0.15, 0.2) is 285 Å². The lowest BCUT2D eigenvalue weighted by atomic mass is 9.50.